The number of carbonyl (C=O) groups excluding carboxylic acids is 2. The molecule has 0 radical (unpaired) electrons. The molecular formula is C11H21N3O3S. The lowest BCUT2D eigenvalue weighted by atomic mass is 10.1. The zero-order valence-corrected chi connectivity index (χ0v) is 11.6. The monoisotopic (exact) mass is 275 g/mol. The maximum Gasteiger partial charge on any atom is 0.230 e. The van der Waals surface area contributed by atoms with Crippen LogP contribution in [0.2, 0.25) is 0 Å². The predicted octanol–water partition coefficient (Wildman–Crippen LogP) is -0.346. The molecule has 104 valence electrons. The number of carbonyl (C=O) groups is 2. The first kappa shape index (κ1) is 15.3. The molecule has 1 aliphatic heterocycles. The van der Waals surface area contributed by atoms with Gasteiger partial charge in [0.1, 0.15) is 5.50 Å². The summed E-state index contributed by atoms with van der Waals surface area (Å²) in [6, 6.07) is 0.202. The van der Waals surface area contributed by atoms with Gasteiger partial charge >= 0.3 is 0 Å². The summed E-state index contributed by atoms with van der Waals surface area (Å²) < 4.78 is 4.84. The topological polar surface area (TPSA) is 79.5 Å². The van der Waals surface area contributed by atoms with E-state index in [-0.39, 0.29) is 23.4 Å². The molecule has 7 heteroatoms. The van der Waals surface area contributed by atoms with Gasteiger partial charge in [-0.1, -0.05) is 6.92 Å². The summed E-state index contributed by atoms with van der Waals surface area (Å²) in [5, 5.41) is 8.83. The Kier molecular flexibility index (Phi) is 7.07. The number of rotatable bonds is 7. The maximum absolute atomic E-state index is 11.5. The lowest BCUT2D eigenvalue weighted by molar-refractivity contribution is -0.123. The Hall–Kier alpha value is -0.790. The van der Waals surface area contributed by atoms with E-state index < -0.39 is 0 Å². The van der Waals surface area contributed by atoms with Gasteiger partial charge in [-0.25, -0.2) is 0 Å². The number of methoxy groups -OCH3 is 1. The Morgan fingerprint density at radius 1 is 1.61 bits per heavy atom. The van der Waals surface area contributed by atoms with E-state index in [1.807, 2.05) is 6.92 Å². The lowest BCUT2D eigenvalue weighted by Gasteiger charge is -2.30. The highest BCUT2D eigenvalue weighted by atomic mass is 32.2. The van der Waals surface area contributed by atoms with Gasteiger partial charge in [-0.15, -0.1) is 11.8 Å². The molecule has 2 amide bonds. The van der Waals surface area contributed by atoms with Crippen molar-refractivity contribution in [2.45, 2.75) is 31.3 Å². The average molecular weight is 275 g/mol. The maximum atomic E-state index is 11.5. The van der Waals surface area contributed by atoms with Crippen LogP contribution in [0, 0.1) is 0 Å². The summed E-state index contributed by atoms with van der Waals surface area (Å²) in [6.07, 6.45) is 1.41. The molecule has 1 fully saturated rings. The van der Waals surface area contributed by atoms with Gasteiger partial charge in [0.2, 0.25) is 11.8 Å². The molecule has 0 aliphatic carbocycles. The minimum atomic E-state index is -0.177. The molecule has 6 nitrogen and oxygen atoms in total. The smallest absolute Gasteiger partial charge is 0.230 e. The third-order valence-corrected chi connectivity index (χ3v) is 3.63. The van der Waals surface area contributed by atoms with Gasteiger partial charge in [-0.05, 0) is 6.42 Å². The van der Waals surface area contributed by atoms with Crippen LogP contribution in [0.3, 0.4) is 0 Å². The molecule has 1 heterocycles. The second-order valence-electron chi connectivity index (χ2n) is 4.08. The van der Waals surface area contributed by atoms with Crippen molar-refractivity contribution in [3.8, 4) is 0 Å². The minimum Gasteiger partial charge on any atom is -0.383 e. The van der Waals surface area contributed by atoms with Crippen molar-refractivity contribution < 1.29 is 14.3 Å². The van der Waals surface area contributed by atoms with E-state index in [0.717, 1.165) is 6.42 Å². The van der Waals surface area contributed by atoms with Crippen molar-refractivity contribution in [3.63, 3.8) is 0 Å². The average Bonchev–Trinajstić information content (AvgIpc) is 2.36. The normalized spacial score (nSPS) is 23.6. The summed E-state index contributed by atoms with van der Waals surface area (Å²) in [4.78, 5) is 22.9. The molecular weight excluding hydrogens is 254 g/mol. The first-order valence-corrected chi connectivity index (χ1v) is 7.13. The third-order valence-electron chi connectivity index (χ3n) is 2.61. The fraction of sp³-hybridized carbons (Fsp3) is 0.818. The highest BCUT2D eigenvalue weighted by Crippen LogP contribution is 2.13. The molecule has 1 rings (SSSR count). The molecule has 2 atom stereocenters. The highest BCUT2D eigenvalue weighted by Gasteiger charge is 2.24. The molecule has 1 aliphatic rings. The van der Waals surface area contributed by atoms with Crippen LogP contribution in [0.4, 0.5) is 0 Å². The van der Waals surface area contributed by atoms with Gasteiger partial charge in [0.15, 0.2) is 0 Å². The fourth-order valence-corrected chi connectivity index (χ4v) is 2.52. The summed E-state index contributed by atoms with van der Waals surface area (Å²) in [7, 11) is 1.59. The van der Waals surface area contributed by atoms with Gasteiger partial charge < -0.3 is 15.4 Å². The predicted molar refractivity (Wildman–Crippen MR) is 71.1 cm³/mol. The van der Waals surface area contributed by atoms with Gasteiger partial charge in [-0.3, -0.25) is 14.9 Å². The van der Waals surface area contributed by atoms with Crippen LogP contribution in [0.1, 0.15) is 19.8 Å². The van der Waals surface area contributed by atoms with Crippen LogP contribution in [-0.4, -0.2) is 49.4 Å². The number of ether oxygens (including phenoxy) is 1. The van der Waals surface area contributed by atoms with Gasteiger partial charge in [0.05, 0.1) is 12.4 Å². The van der Waals surface area contributed by atoms with E-state index in [2.05, 4.69) is 16.0 Å². The van der Waals surface area contributed by atoms with E-state index in [4.69, 9.17) is 4.74 Å². The molecule has 2 unspecified atom stereocenters. The van der Waals surface area contributed by atoms with Crippen LogP contribution in [0.5, 0.6) is 0 Å². The minimum absolute atomic E-state index is 0.0397. The lowest BCUT2D eigenvalue weighted by Crippen LogP contribution is -2.54. The quantitative estimate of drug-likeness (QED) is 0.554. The van der Waals surface area contributed by atoms with Crippen LogP contribution >= 0.6 is 11.8 Å². The number of nitrogens with one attached hydrogen (secondary N) is 3. The molecule has 3 N–H and O–H groups in total. The number of amides is 2. The number of hydrogen-bond donors (Lipinski definition) is 3. The van der Waals surface area contributed by atoms with Crippen molar-refractivity contribution in [2.75, 3.05) is 26.0 Å². The van der Waals surface area contributed by atoms with E-state index in [1.54, 1.807) is 7.11 Å². The van der Waals surface area contributed by atoms with Gasteiger partial charge in [0.25, 0.3) is 0 Å². The van der Waals surface area contributed by atoms with Crippen LogP contribution in [0.15, 0.2) is 0 Å². The fourth-order valence-electron chi connectivity index (χ4n) is 1.60. The highest BCUT2D eigenvalue weighted by molar-refractivity contribution is 8.00. The molecule has 0 bridgehead atoms. The van der Waals surface area contributed by atoms with E-state index in [1.165, 1.54) is 11.8 Å². The van der Waals surface area contributed by atoms with E-state index in [0.29, 0.717) is 25.3 Å². The second kappa shape index (κ2) is 8.34. The van der Waals surface area contributed by atoms with Crippen molar-refractivity contribution in [3.05, 3.63) is 0 Å². The standard InChI is InChI=1S/C11H21N3O3S/c1-3-8-6-9(15)14-11(13-8)18-7-10(16)12-4-5-17-2/h8,11,13H,3-7H2,1-2H3,(H,12,16)(H,14,15). The molecule has 0 spiro atoms. The molecule has 0 saturated carbocycles. The summed E-state index contributed by atoms with van der Waals surface area (Å²) in [5.74, 6) is 0.308. The molecule has 18 heavy (non-hydrogen) atoms. The summed E-state index contributed by atoms with van der Waals surface area (Å²) >= 11 is 1.39. The molecule has 0 aromatic carbocycles. The Morgan fingerprint density at radius 2 is 2.39 bits per heavy atom. The van der Waals surface area contributed by atoms with Crippen LogP contribution in [-0.2, 0) is 14.3 Å². The Balaban J connectivity index is 2.21. The first-order valence-electron chi connectivity index (χ1n) is 6.08. The molecule has 0 aromatic heterocycles. The van der Waals surface area contributed by atoms with Crippen molar-refractivity contribution in [1.82, 2.24) is 16.0 Å². The third kappa shape index (κ3) is 5.70. The first-order chi connectivity index (χ1) is 8.65. The van der Waals surface area contributed by atoms with Crippen LogP contribution in [0.25, 0.3) is 0 Å². The van der Waals surface area contributed by atoms with Crippen molar-refractivity contribution >= 4 is 23.6 Å². The number of hydrogen-bond acceptors (Lipinski definition) is 5. The van der Waals surface area contributed by atoms with Crippen molar-refractivity contribution in [2.24, 2.45) is 0 Å². The summed E-state index contributed by atoms with van der Waals surface area (Å²) in [6.45, 7) is 3.06. The van der Waals surface area contributed by atoms with E-state index in [9.17, 15) is 9.59 Å². The second-order valence-corrected chi connectivity index (χ2v) is 5.17. The van der Waals surface area contributed by atoms with Gasteiger partial charge in [0, 0.05) is 26.1 Å². The number of thioether (sulfide) groups is 1. The van der Waals surface area contributed by atoms with E-state index >= 15 is 0 Å². The SMILES string of the molecule is CCC1CC(=O)NC(SCC(=O)NCCOC)N1. The zero-order valence-electron chi connectivity index (χ0n) is 10.8. The Morgan fingerprint density at radius 3 is 3.06 bits per heavy atom. The molecule has 1 saturated heterocycles. The Bertz CT molecular complexity index is 289. The largest absolute Gasteiger partial charge is 0.383 e. The molecule has 0 aromatic rings. The van der Waals surface area contributed by atoms with Crippen LogP contribution < -0.4 is 16.0 Å². The summed E-state index contributed by atoms with van der Waals surface area (Å²) in [5.41, 5.74) is -0.177. The Labute approximate surface area is 112 Å². The van der Waals surface area contributed by atoms with Crippen molar-refractivity contribution in [1.29, 1.82) is 0 Å². The van der Waals surface area contributed by atoms with Gasteiger partial charge in [-0.2, -0.15) is 0 Å². The zero-order chi connectivity index (χ0) is 13.4.